The summed E-state index contributed by atoms with van der Waals surface area (Å²) < 4.78 is 20.8. The van der Waals surface area contributed by atoms with Crippen LogP contribution in [0.5, 0.6) is 0 Å². The van der Waals surface area contributed by atoms with Crippen molar-refractivity contribution in [3.63, 3.8) is 0 Å². The number of nitrogens with one attached hydrogen (secondary N) is 1. The van der Waals surface area contributed by atoms with Crippen LogP contribution in [0.15, 0.2) is 30.5 Å². The van der Waals surface area contributed by atoms with Gasteiger partial charge in [0, 0.05) is 26.1 Å². The molecule has 1 aliphatic heterocycles. The normalized spacial score (nSPS) is 18.1. The fourth-order valence-electron chi connectivity index (χ4n) is 3.01. The average Bonchev–Trinajstić information content (AvgIpc) is 3.07. The van der Waals surface area contributed by atoms with Crippen molar-refractivity contribution in [2.75, 3.05) is 20.3 Å². The molecule has 0 spiro atoms. The van der Waals surface area contributed by atoms with Gasteiger partial charge in [0.15, 0.2) is 0 Å². The molecule has 0 radical (unpaired) electrons. The van der Waals surface area contributed by atoms with E-state index in [4.69, 9.17) is 4.74 Å². The number of rotatable bonds is 4. The molecule has 3 rings (SSSR count). The van der Waals surface area contributed by atoms with E-state index in [9.17, 15) is 4.39 Å². The van der Waals surface area contributed by atoms with Crippen LogP contribution in [-0.2, 0) is 15.8 Å². The summed E-state index contributed by atoms with van der Waals surface area (Å²) in [4.78, 5) is 0. The van der Waals surface area contributed by atoms with Crippen LogP contribution in [0, 0.1) is 5.82 Å². The number of benzene rings is 1. The van der Waals surface area contributed by atoms with E-state index in [1.54, 1.807) is 0 Å². The summed E-state index contributed by atoms with van der Waals surface area (Å²) in [5.74, 6) is -0.230. The Morgan fingerprint density at radius 2 is 1.87 bits per heavy atom. The Morgan fingerprint density at radius 1 is 1.22 bits per heavy atom. The summed E-state index contributed by atoms with van der Waals surface area (Å²) in [6.07, 6.45) is 3.58. The third kappa shape index (κ3) is 2.88. The number of nitrogens with zero attached hydrogens (tertiary/aromatic N) is 3. The molecular weight excluding hydrogens is 295 g/mol. The molecule has 2 aromatic rings. The molecule has 0 saturated carbocycles. The summed E-state index contributed by atoms with van der Waals surface area (Å²) in [5.41, 5.74) is 1.34. The first-order chi connectivity index (χ1) is 11.0. The first-order valence-corrected chi connectivity index (χ1v) is 7.94. The third-order valence-electron chi connectivity index (χ3n) is 4.90. The molecule has 23 heavy (non-hydrogen) atoms. The highest BCUT2D eigenvalue weighted by atomic mass is 19.1. The molecule has 1 fully saturated rings. The van der Waals surface area contributed by atoms with E-state index >= 15 is 0 Å². The van der Waals surface area contributed by atoms with Gasteiger partial charge in [-0.25, -0.2) is 9.07 Å². The maximum atomic E-state index is 13.3. The van der Waals surface area contributed by atoms with Crippen LogP contribution < -0.4 is 5.32 Å². The number of hydrogen-bond acceptors (Lipinski definition) is 4. The van der Waals surface area contributed by atoms with Crippen molar-refractivity contribution in [1.29, 1.82) is 0 Å². The van der Waals surface area contributed by atoms with Crippen molar-refractivity contribution >= 4 is 0 Å². The second-order valence-electron chi connectivity index (χ2n) is 6.57. The highest BCUT2D eigenvalue weighted by molar-refractivity contribution is 5.27. The van der Waals surface area contributed by atoms with E-state index in [0.29, 0.717) is 13.2 Å². The van der Waals surface area contributed by atoms with E-state index in [2.05, 4.69) is 29.5 Å². The lowest BCUT2D eigenvalue weighted by molar-refractivity contribution is 0.0330. The van der Waals surface area contributed by atoms with E-state index in [1.807, 2.05) is 30.1 Å². The predicted molar refractivity (Wildman–Crippen MR) is 85.6 cm³/mol. The lowest BCUT2D eigenvalue weighted by Crippen LogP contribution is -2.41. The minimum Gasteiger partial charge on any atom is -0.381 e. The second-order valence-corrected chi connectivity index (χ2v) is 6.57. The Kier molecular flexibility index (Phi) is 4.21. The zero-order chi connectivity index (χ0) is 16.5. The fourth-order valence-corrected chi connectivity index (χ4v) is 3.01. The van der Waals surface area contributed by atoms with Crippen LogP contribution in [0.1, 0.15) is 37.9 Å². The monoisotopic (exact) mass is 318 g/mol. The molecule has 0 bridgehead atoms. The van der Waals surface area contributed by atoms with Gasteiger partial charge >= 0.3 is 0 Å². The van der Waals surface area contributed by atoms with E-state index in [0.717, 1.165) is 24.1 Å². The molecule has 1 saturated heterocycles. The SMILES string of the molecule is CNC(C)(C)c1cn(C2(c3ccc(F)cc3)CCOCC2)nn1. The van der Waals surface area contributed by atoms with Gasteiger partial charge in [0.25, 0.3) is 0 Å². The quantitative estimate of drug-likeness (QED) is 0.941. The molecule has 0 aliphatic carbocycles. The van der Waals surface area contributed by atoms with Crippen LogP contribution in [0.25, 0.3) is 0 Å². The maximum Gasteiger partial charge on any atom is 0.123 e. The number of aromatic nitrogens is 3. The summed E-state index contributed by atoms with van der Waals surface area (Å²) in [6, 6.07) is 6.68. The highest BCUT2D eigenvalue weighted by Gasteiger charge is 2.38. The lowest BCUT2D eigenvalue weighted by Gasteiger charge is -2.37. The minimum atomic E-state index is -0.332. The van der Waals surface area contributed by atoms with Gasteiger partial charge in [-0.3, -0.25) is 0 Å². The molecule has 6 heteroatoms. The fraction of sp³-hybridized carbons (Fsp3) is 0.529. The van der Waals surface area contributed by atoms with Crippen molar-refractivity contribution in [3.8, 4) is 0 Å². The van der Waals surface area contributed by atoms with Gasteiger partial charge in [-0.2, -0.15) is 0 Å². The van der Waals surface area contributed by atoms with Gasteiger partial charge in [0.1, 0.15) is 11.5 Å². The van der Waals surface area contributed by atoms with Crippen LogP contribution in [0.4, 0.5) is 4.39 Å². The summed E-state index contributed by atoms with van der Waals surface area (Å²) in [7, 11) is 1.91. The zero-order valence-corrected chi connectivity index (χ0v) is 13.8. The summed E-state index contributed by atoms with van der Waals surface area (Å²) >= 11 is 0. The average molecular weight is 318 g/mol. The number of halogens is 1. The molecule has 124 valence electrons. The van der Waals surface area contributed by atoms with Crippen LogP contribution in [0.2, 0.25) is 0 Å². The van der Waals surface area contributed by atoms with Gasteiger partial charge in [0.05, 0.1) is 17.3 Å². The van der Waals surface area contributed by atoms with Gasteiger partial charge in [-0.1, -0.05) is 17.3 Å². The van der Waals surface area contributed by atoms with E-state index in [-0.39, 0.29) is 16.9 Å². The predicted octanol–water partition coefficient (Wildman–Crippen LogP) is 2.43. The first-order valence-electron chi connectivity index (χ1n) is 7.94. The van der Waals surface area contributed by atoms with Crippen molar-refractivity contribution < 1.29 is 9.13 Å². The van der Waals surface area contributed by atoms with Crippen molar-refractivity contribution in [3.05, 3.63) is 47.5 Å². The van der Waals surface area contributed by atoms with Gasteiger partial charge in [-0.05, 0) is 38.6 Å². The Balaban J connectivity index is 2.04. The Morgan fingerprint density at radius 3 is 2.48 bits per heavy atom. The highest BCUT2D eigenvalue weighted by Crippen LogP contribution is 2.36. The molecule has 1 aliphatic rings. The lowest BCUT2D eigenvalue weighted by atomic mass is 9.82. The van der Waals surface area contributed by atoms with Gasteiger partial charge in [-0.15, -0.1) is 5.10 Å². The van der Waals surface area contributed by atoms with Crippen LogP contribution >= 0.6 is 0 Å². The van der Waals surface area contributed by atoms with Crippen molar-refractivity contribution in [2.24, 2.45) is 0 Å². The van der Waals surface area contributed by atoms with E-state index in [1.165, 1.54) is 12.1 Å². The minimum absolute atomic E-state index is 0.230. The molecular formula is C17H23FN4O. The number of ether oxygens (including phenoxy) is 1. The molecule has 0 amide bonds. The van der Waals surface area contributed by atoms with E-state index < -0.39 is 0 Å². The second kappa shape index (κ2) is 6.02. The molecule has 5 nitrogen and oxygen atoms in total. The largest absolute Gasteiger partial charge is 0.381 e. The van der Waals surface area contributed by atoms with Crippen molar-refractivity contribution in [2.45, 2.75) is 37.8 Å². The first kappa shape index (κ1) is 16.1. The van der Waals surface area contributed by atoms with Crippen molar-refractivity contribution in [1.82, 2.24) is 20.3 Å². The zero-order valence-electron chi connectivity index (χ0n) is 13.8. The van der Waals surface area contributed by atoms with Crippen LogP contribution in [-0.4, -0.2) is 35.3 Å². The topological polar surface area (TPSA) is 52.0 Å². The third-order valence-corrected chi connectivity index (χ3v) is 4.90. The summed E-state index contributed by atoms with van der Waals surface area (Å²) in [6.45, 7) is 5.44. The Labute approximate surface area is 135 Å². The molecule has 1 aromatic heterocycles. The van der Waals surface area contributed by atoms with Gasteiger partial charge in [0.2, 0.25) is 0 Å². The Hall–Kier alpha value is -1.79. The summed E-state index contributed by atoms with van der Waals surface area (Å²) in [5, 5.41) is 12.0. The molecule has 1 aromatic carbocycles. The smallest absolute Gasteiger partial charge is 0.123 e. The molecule has 0 atom stereocenters. The van der Waals surface area contributed by atoms with Gasteiger partial charge < -0.3 is 10.1 Å². The Bertz CT molecular complexity index is 659. The molecule has 2 heterocycles. The maximum absolute atomic E-state index is 13.3. The standard InChI is InChI=1S/C17H23FN4O/c1-16(2,19-3)15-12-22(21-20-15)17(8-10-23-11-9-17)13-4-6-14(18)7-5-13/h4-7,12,19H,8-11H2,1-3H3. The molecule has 0 unspecified atom stereocenters. The molecule has 1 N–H and O–H groups in total. The number of hydrogen-bond donors (Lipinski definition) is 1. The van der Waals surface area contributed by atoms with Crippen LogP contribution in [0.3, 0.4) is 0 Å².